The van der Waals surface area contributed by atoms with Crippen molar-refractivity contribution in [3.05, 3.63) is 69.7 Å². The van der Waals surface area contributed by atoms with E-state index in [-0.39, 0.29) is 5.56 Å². The van der Waals surface area contributed by atoms with E-state index in [2.05, 4.69) is 39.3 Å². The number of aromatic nitrogens is 3. The van der Waals surface area contributed by atoms with Gasteiger partial charge in [-0.2, -0.15) is 0 Å². The van der Waals surface area contributed by atoms with Crippen LogP contribution >= 0.6 is 11.3 Å². The van der Waals surface area contributed by atoms with Crippen LogP contribution in [0, 0.1) is 0 Å². The van der Waals surface area contributed by atoms with Crippen LogP contribution in [-0.2, 0) is 13.1 Å². The highest BCUT2D eigenvalue weighted by Crippen LogP contribution is 2.30. The largest absolute Gasteiger partial charge is 0.493 e. The van der Waals surface area contributed by atoms with Crippen molar-refractivity contribution in [1.82, 2.24) is 19.9 Å². The van der Waals surface area contributed by atoms with Gasteiger partial charge in [0.1, 0.15) is 10.8 Å². The molecule has 0 radical (unpaired) electrons. The SMILES string of the molecule is CCN(Cc1csc(-c2ccccc2)n1)Cc1nc2cc(OC)c(OC)cc2c(=O)[nH]1. The molecule has 2 aromatic carbocycles. The number of nitrogens with one attached hydrogen (secondary N) is 1. The van der Waals surface area contributed by atoms with Crippen molar-refractivity contribution in [3.8, 4) is 22.1 Å². The van der Waals surface area contributed by atoms with Gasteiger partial charge in [-0.1, -0.05) is 37.3 Å². The molecule has 0 bridgehead atoms. The van der Waals surface area contributed by atoms with Crippen molar-refractivity contribution in [2.45, 2.75) is 20.0 Å². The molecule has 0 saturated heterocycles. The zero-order valence-corrected chi connectivity index (χ0v) is 18.5. The van der Waals surface area contributed by atoms with E-state index in [1.807, 2.05) is 18.2 Å². The molecule has 160 valence electrons. The van der Waals surface area contributed by atoms with Gasteiger partial charge < -0.3 is 14.5 Å². The van der Waals surface area contributed by atoms with Gasteiger partial charge in [0.05, 0.1) is 37.4 Å². The molecular formula is C23H24N4O3S. The van der Waals surface area contributed by atoms with E-state index in [0.29, 0.717) is 41.3 Å². The average molecular weight is 437 g/mol. The third-order valence-electron chi connectivity index (χ3n) is 5.04. The van der Waals surface area contributed by atoms with E-state index < -0.39 is 0 Å². The smallest absolute Gasteiger partial charge is 0.258 e. The maximum absolute atomic E-state index is 12.6. The molecule has 0 amide bonds. The van der Waals surface area contributed by atoms with Gasteiger partial charge in [0.15, 0.2) is 11.5 Å². The Morgan fingerprint density at radius 2 is 1.77 bits per heavy atom. The van der Waals surface area contributed by atoms with Crippen molar-refractivity contribution >= 4 is 22.2 Å². The minimum Gasteiger partial charge on any atom is -0.493 e. The Balaban J connectivity index is 1.56. The van der Waals surface area contributed by atoms with Crippen LogP contribution in [0.2, 0.25) is 0 Å². The topological polar surface area (TPSA) is 80.3 Å². The summed E-state index contributed by atoms with van der Waals surface area (Å²) >= 11 is 1.64. The second kappa shape index (κ2) is 9.28. The maximum Gasteiger partial charge on any atom is 0.258 e. The number of thiazole rings is 1. The highest BCUT2D eigenvalue weighted by atomic mass is 32.1. The van der Waals surface area contributed by atoms with Crippen LogP contribution in [0.25, 0.3) is 21.5 Å². The van der Waals surface area contributed by atoms with Gasteiger partial charge in [-0.15, -0.1) is 11.3 Å². The van der Waals surface area contributed by atoms with Crippen LogP contribution in [0.3, 0.4) is 0 Å². The molecule has 0 aliphatic heterocycles. The fourth-order valence-corrected chi connectivity index (χ4v) is 4.22. The van der Waals surface area contributed by atoms with Crippen molar-refractivity contribution < 1.29 is 9.47 Å². The molecule has 0 aliphatic rings. The number of benzene rings is 2. The highest BCUT2D eigenvalue weighted by Gasteiger charge is 2.14. The summed E-state index contributed by atoms with van der Waals surface area (Å²) in [5.41, 5.74) is 2.50. The van der Waals surface area contributed by atoms with Crippen LogP contribution in [0.1, 0.15) is 18.4 Å². The van der Waals surface area contributed by atoms with E-state index >= 15 is 0 Å². The molecule has 7 nitrogen and oxygen atoms in total. The van der Waals surface area contributed by atoms with Gasteiger partial charge >= 0.3 is 0 Å². The molecule has 0 aliphatic carbocycles. The molecular weight excluding hydrogens is 412 g/mol. The number of aromatic amines is 1. The van der Waals surface area contributed by atoms with Gasteiger partial charge in [0.2, 0.25) is 0 Å². The maximum atomic E-state index is 12.6. The van der Waals surface area contributed by atoms with Crippen LogP contribution in [0.4, 0.5) is 0 Å². The van der Waals surface area contributed by atoms with Gasteiger partial charge in [0, 0.05) is 23.6 Å². The normalized spacial score (nSPS) is 11.2. The minimum atomic E-state index is -0.197. The summed E-state index contributed by atoms with van der Waals surface area (Å²) in [5.74, 6) is 1.65. The third-order valence-corrected chi connectivity index (χ3v) is 5.98. The molecule has 31 heavy (non-hydrogen) atoms. The van der Waals surface area contributed by atoms with Crippen LogP contribution in [-0.4, -0.2) is 40.6 Å². The number of H-pyrrole nitrogens is 1. The Hall–Kier alpha value is -3.23. The fraction of sp³-hybridized carbons (Fsp3) is 0.261. The molecule has 0 fully saturated rings. The van der Waals surface area contributed by atoms with Crippen LogP contribution in [0.15, 0.2) is 52.6 Å². The molecule has 8 heteroatoms. The van der Waals surface area contributed by atoms with Crippen molar-refractivity contribution in [2.75, 3.05) is 20.8 Å². The standard InChI is InChI=1S/C23H24N4O3S/c1-4-27(12-16-14-31-23(24-16)15-8-6-5-7-9-15)13-21-25-18-11-20(30-3)19(29-2)10-17(18)22(28)26-21/h5-11,14H,4,12-13H2,1-3H3,(H,25,26,28). The molecule has 0 spiro atoms. The third kappa shape index (κ3) is 4.60. The summed E-state index contributed by atoms with van der Waals surface area (Å²) in [6, 6.07) is 13.5. The predicted molar refractivity (Wildman–Crippen MR) is 123 cm³/mol. The van der Waals surface area contributed by atoms with Crippen LogP contribution in [0.5, 0.6) is 11.5 Å². The molecule has 2 heterocycles. The zero-order chi connectivity index (χ0) is 21.8. The van der Waals surface area contributed by atoms with Gasteiger partial charge in [-0.3, -0.25) is 9.69 Å². The van der Waals surface area contributed by atoms with Crippen molar-refractivity contribution in [2.24, 2.45) is 0 Å². The van der Waals surface area contributed by atoms with E-state index in [1.165, 1.54) is 0 Å². The number of nitrogens with zero attached hydrogens (tertiary/aromatic N) is 3. The first-order valence-corrected chi connectivity index (χ1v) is 10.9. The average Bonchev–Trinajstić information content (AvgIpc) is 3.27. The second-order valence-electron chi connectivity index (χ2n) is 7.05. The van der Waals surface area contributed by atoms with Crippen molar-refractivity contribution in [3.63, 3.8) is 0 Å². The first-order valence-electron chi connectivity index (χ1n) is 9.98. The van der Waals surface area contributed by atoms with E-state index in [1.54, 1.807) is 37.7 Å². The quantitative estimate of drug-likeness (QED) is 0.448. The summed E-state index contributed by atoms with van der Waals surface area (Å²) in [6.45, 7) is 4.06. The Morgan fingerprint density at radius 3 is 2.48 bits per heavy atom. The number of fused-ring (bicyclic) bond motifs is 1. The highest BCUT2D eigenvalue weighted by molar-refractivity contribution is 7.13. The summed E-state index contributed by atoms with van der Waals surface area (Å²) < 4.78 is 10.6. The van der Waals surface area contributed by atoms with Gasteiger partial charge in [0.25, 0.3) is 5.56 Å². The summed E-state index contributed by atoms with van der Waals surface area (Å²) in [7, 11) is 3.11. The molecule has 2 aromatic heterocycles. The zero-order valence-electron chi connectivity index (χ0n) is 17.7. The monoisotopic (exact) mass is 436 g/mol. The Morgan fingerprint density at radius 1 is 1.03 bits per heavy atom. The predicted octanol–water partition coefficient (Wildman–Crippen LogP) is 4.09. The molecule has 1 N–H and O–H groups in total. The molecule has 4 rings (SSSR count). The number of hydrogen-bond donors (Lipinski definition) is 1. The van der Waals surface area contributed by atoms with E-state index in [0.717, 1.165) is 22.8 Å². The minimum absolute atomic E-state index is 0.197. The number of ether oxygens (including phenoxy) is 2. The first-order chi connectivity index (χ1) is 15.1. The fourth-order valence-electron chi connectivity index (χ4n) is 3.40. The van der Waals surface area contributed by atoms with Crippen LogP contribution < -0.4 is 15.0 Å². The molecule has 0 unspecified atom stereocenters. The Bertz CT molecular complexity index is 1240. The number of hydrogen-bond acceptors (Lipinski definition) is 7. The Kier molecular flexibility index (Phi) is 6.29. The van der Waals surface area contributed by atoms with Crippen molar-refractivity contribution in [1.29, 1.82) is 0 Å². The lowest BCUT2D eigenvalue weighted by Gasteiger charge is -2.18. The lowest BCUT2D eigenvalue weighted by atomic mass is 10.2. The van der Waals surface area contributed by atoms with E-state index in [4.69, 9.17) is 14.5 Å². The van der Waals surface area contributed by atoms with Gasteiger partial charge in [-0.25, -0.2) is 9.97 Å². The lowest BCUT2D eigenvalue weighted by Crippen LogP contribution is -2.25. The van der Waals surface area contributed by atoms with E-state index in [9.17, 15) is 4.79 Å². The van der Waals surface area contributed by atoms with Gasteiger partial charge in [-0.05, 0) is 12.6 Å². The second-order valence-corrected chi connectivity index (χ2v) is 7.91. The molecule has 0 atom stereocenters. The molecule has 0 saturated carbocycles. The summed E-state index contributed by atoms with van der Waals surface area (Å²) in [6.07, 6.45) is 0. The number of rotatable bonds is 8. The Labute approximate surface area is 184 Å². The summed E-state index contributed by atoms with van der Waals surface area (Å²) in [4.78, 5) is 27.1. The number of methoxy groups -OCH3 is 2. The first kappa shape index (κ1) is 21.0. The molecule has 4 aromatic rings. The summed E-state index contributed by atoms with van der Waals surface area (Å²) in [5, 5.41) is 3.56. The lowest BCUT2D eigenvalue weighted by molar-refractivity contribution is 0.262.